The Kier molecular flexibility index (Phi) is 5.71. The zero-order valence-electron chi connectivity index (χ0n) is 16.2. The number of likely N-dealkylation sites (tertiary alicyclic amines) is 1. The smallest absolute Gasteiger partial charge is 0.254 e. The molecule has 1 unspecified atom stereocenters. The third-order valence-electron chi connectivity index (χ3n) is 5.44. The van der Waals surface area contributed by atoms with Gasteiger partial charge in [0.25, 0.3) is 5.91 Å². The van der Waals surface area contributed by atoms with Gasteiger partial charge in [0.2, 0.25) is 0 Å². The molecule has 2 heterocycles. The molecule has 1 aromatic carbocycles. The SMILES string of the molecule is CCOC1CCN(C(=O)c2ccc(C#N)cc2C2(C(C)C)C=CN=N2)CC1. The first-order valence-electron chi connectivity index (χ1n) is 9.57. The van der Waals surface area contributed by atoms with E-state index in [0.29, 0.717) is 30.8 Å². The number of nitrogens with zero attached hydrogens (tertiary/aromatic N) is 4. The van der Waals surface area contributed by atoms with Crippen LogP contribution in [0.4, 0.5) is 0 Å². The summed E-state index contributed by atoms with van der Waals surface area (Å²) in [6.07, 6.45) is 5.51. The lowest BCUT2D eigenvalue weighted by Crippen LogP contribution is -2.42. The first-order chi connectivity index (χ1) is 13.0. The topological polar surface area (TPSA) is 78.0 Å². The first-order valence-corrected chi connectivity index (χ1v) is 9.57. The quantitative estimate of drug-likeness (QED) is 0.789. The Morgan fingerprint density at radius 3 is 2.70 bits per heavy atom. The minimum atomic E-state index is -0.707. The highest BCUT2D eigenvalue weighted by Gasteiger charge is 2.39. The number of carbonyl (C=O) groups excluding carboxylic acids is 1. The van der Waals surface area contributed by atoms with Gasteiger partial charge in [0.1, 0.15) is 5.54 Å². The minimum Gasteiger partial charge on any atom is -0.378 e. The van der Waals surface area contributed by atoms with E-state index >= 15 is 0 Å². The molecule has 3 rings (SSSR count). The lowest BCUT2D eigenvalue weighted by atomic mass is 9.78. The molecule has 0 aromatic heterocycles. The van der Waals surface area contributed by atoms with Gasteiger partial charge in [0.05, 0.1) is 17.7 Å². The van der Waals surface area contributed by atoms with E-state index in [0.717, 1.165) is 18.4 Å². The molecule has 0 radical (unpaired) electrons. The summed E-state index contributed by atoms with van der Waals surface area (Å²) < 4.78 is 5.69. The summed E-state index contributed by atoms with van der Waals surface area (Å²) in [7, 11) is 0. The van der Waals surface area contributed by atoms with Crippen LogP contribution < -0.4 is 0 Å². The van der Waals surface area contributed by atoms with Crippen LogP contribution in [0.25, 0.3) is 0 Å². The van der Waals surface area contributed by atoms with Crippen LogP contribution in [0.1, 0.15) is 55.1 Å². The van der Waals surface area contributed by atoms with Crippen LogP contribution in [0.15, 0.2) is 40.7 Å². The molecular formula is C21H26N4O2. The van der Waals surface area contributed by atoms with E-state index in [-0.39, 0.29) is 17.9 Å². The van der Waals surface area contributed by atoms with E-state index in [4.69, 9.17) is 4.74 Å². The van der Waals surface area contributed by atoms with Crippen molar-refractivity contribution in [3.8, 4) is 6.07 Å². The highest BCUT2D eigenvalue weighted by Crippen LogP contribution is 2.41. The van der Waals surface area contributed by atoms with Gasteiger partial charge in [-0.15, -0.1) is 0 Å². The largest absolute Gasteiger partial charge is 0.378 e. The molecule has 6 heteroatoms. The standard InChI is InChI=1S/C21H26N4O2/c1-4-27-17-7-11-25(12-8-17)20(26)18-6-5-16(14-22)13-19(18)21(15(2)3)9-10-23-24-21/h5-6,9-10,13,15,17H,4,7-8,11-12H2,1-3H3. The lowest BCUT2D eigenvalue weighted by Gasteiger charge is -2.34. The minimum absolute atomic E-state index is 0.0139. The van der Waals surface area contributed by atoms with E-state index in [1.165, 1.54) is 0 Å². The van der Waals surface area contributed by atoms with Crippen LogP contribution in [-0.4, -0.2) is 36.6 Å². The van der Waals surface area contributed by atoms with Crippen molar-refractivity contribution in [3.05, 3.63) is 47.2 Å². The van der Waals surface area contributed by atoms with Crippen molar-refractivity contribution >= 4 is 5.91 Å². The maximum Gasteiger partial charge on any atom is 0.254 e. The number of nitriles is 1. The maximum absolute atomic E-state index is 13.3. The first kappa shape index (κ1) is 19.2. The van der Waals surface area contributed by atoms with Gasteiger partial charge in [-0.3, -0.25) is 4.79 Å². The monoisotopic (exact) mass is 366 g/mol. The highest BCUT2D eigenvalue weighted by atomic mass is 16.5. The van der Waals surface area contributed by atoms with E-state index < -0.39 is 5.54 Å². The maximum atomic E-state index is 13.3. The third-order valence-corrected chi connectivity index (χ3v) is 5.44. The lowest BCUT2D eigenvalue weighted by molar-refractivity contribution is 0.0145. The van der Waals surface area contributed by atoms with Crippen molar-refractivity contribution in [3.63, 3.8) is 0 Å². The molecule has 27 heavy (non-hydrogen) atoms. The predicted octanol–water partition coefficient (Wildman–Crippen LogP) is 4.03. The summed E-state index contributed by atoms with van der Waals surface area (Å²) in [5, 5.41) is 17.9. The molecule has 1 amide bonds. The Morgan fingerprint density at radius 2 is 2.15 bits per heavy atom. The van der Waals surface area contributed by atoms with E-state index in [2.05, 4.69) is 30.1 Å². The second-order valence-corrected chi connectivity index (χ2v) is 7.33. The number of azo groups is 1. The Hall–Kier alpha value is -2.52. The molecule has 0 N–H and O–H groups in total. The van der Waals surface area contributed by atoms with Gasteiger partial charge in [-0.1, -0.05) is 13.8 Å². The fourth-order valence-corrected chi connectivity index (χ4v) is 3.83. The molecule has 2 aliphatic rings. The number of carbonyl (C=O) groups is 1. The summed E-state index contributed by atoms with van der Waals surface area (Å²) in [6.45, 7) is 8.15. The molecule has 0 aliphatic carbocycles. The number of piperidine rings is 1. The summed E-state index contributed by atoms with van der Waals surface area (Å²) in [6, 6.07) is 7.42. The molecular weight excluding hydrogens is 340 g/mol. The average molecular weight is 366 g/mol. The van der Waals surface area contributed by atoms with Crippen molar-refractivity contribution < 1.29 is 9.53 Å². The zero-order chi connectivity index (χ0) is 19.4. The molecule has 6 nitrogen and oxygen atoms in total. The summed E-state index contributed by atoms with van der Waals surface area (Å²) in [5.74, 6) is 0.0872. The molecule has 0 saturated carbocycles. The summed E-state index contributed by atoms with van der Waals surface area (Å²) >= 11 is 0. The van der Waals surface area contributed by atoms with Crippen LogP contribution in [0.3, 0.4) is 0 Å². The van der Waals surface area contributed by atoms with Crippen LogP contribution in [0.5, 0.6) is 0 Å². The average Bonchev–Trinajstić information content (AvgIpc) is 3.19. The van der Waals surface area contributed by atoms with Crippen LogP contribution in [-0.2, 0) is 10.3 Å². The summed E-state index contributed by atoms with van der Waals surface area (Å²) in [4.78, 5) is 15.2. The Bertz CT molecular complexity index is 787. The van der Waals surface area contributed by atoms with Gasteiger partial charge in [-0.2, -0.15) is 15.5 Å². The second-order valence-electron chi connectivity index (χ2n) is 7.33. The fraction of sp³-hybridized carbons (Fsp3) is 0.524. The van der Waals surface area contributed by atoms with Gasteiger partial charge in [0, 0.05) is 31.5 Å². The van der Waals surface area contributed by atoms with Gasteiger partial charge in [0.15, 0.2) is 0 Å². The van der Waals surface area contributed by atoms with Crippen molar-refractivity contribution in [1.29, 1.82) is 5.26 Å². The van der Waals surface area contributed by atoms with Crippen molar-refractivity contribution in [2.45, 2.75) is 45.3 Å². The van der Waals surface area contributed by atoms with Gasteiger partial charge >= 0.3 is 0 Å². The van der Waals surface area contributed by atoms with Crippen LogP contribution in [0, 0.1) is 17.2 Å². The van der Waals surface area contributed by atoms with Crippen molar-refractivity contribution in [2.24, 2.45) is 16.1 Å². The van der Waals surface area contributed by atoms with Gasteiger partial charge in [-0.05, 0) is 55.5 Å². The number of ether oxygens (including phenoxy) is 1. The molecule has 1 fully saturated rings. The second kappa shape index (κ2) is 8.01. The summed E-state index contributed by atoms with van der Waals surface area (Å²) in [5.41, 5.74) is 1.17. The van der Waals surface area contributed by atoms with Crippen molar-refractivity contribution in [1.82, 2.24) is 4.90 Å². The predicted molar refractivity (Wildman–Crippen MR) is 102 cm³/mol. The highest BCUT2D eigenvalue weighted by molar-refractivity contribution is 5.96. The number of amides is 1. The Labute approximate surface area is 160 Å². The number of rotatable bonds is 5. The molecule has 0 bridgehead atoms. The number of benzene rings is 1. The molecule has 1 aromatic rings. The van der Waals surface area contributed by atoms with Crippen molar-refractivity contribution in [2.75, 3.05) is 19.7 Å². The van der Waals surface area contributed by atoms with E-state index in [1.807, 2.05) is 17.9 Å². The molecule has 0 spiro atoms. The Morgan fingerprint density at radius 1 is 1.41 bits per heavy atom. The van der Waals surface area contributed by atoms with E-state index in [9.17, 15) is 10.1 Å². The molecule has 142 valence electrons. The van der Waals surface area contributed by atoms with Crippen LogP contribution in [0.2, 0.25) is 0 Å². The molecule has 2 aliphatic heterocycles. The third kappa shape index (κ3) is 3.65. The Balaban J connectivity index is 1.94. The molecule has 1 atom stereocenters. The van der Waals surface area contributed by atoms with Gasteiger partial charge < -0.3 is 9.64 Å². The number of hydrogen-bond donors (Lipinski definition) is 0. The van der Waals surface area contributed by atoms with Gasteiger partial charge in [-0.25, -0.2) is 0 Å². The normalized spacial score (nSPS) is 22.4. The molecule has 1 saturated heterocycles. The van der Waals surface area contributed by atoms with E-state index in [1.54, 1.807) is 24.4 Å². The fourth-order valence-electron chi connectivity index (χ4n) is 3.83. The zero-order valence-corrected chi connectivity index (χ0v) is 16.2. The number of hydrogen-bond acceptors (Lipinski definition) is 5. The van der Waals surface area contributed by atoms with Crippen LogP contribution >= 0.6 is 0 Å².